The highest BCUT2D eigenvalue weighted by atomic mass is 15.3. The quantitative estimate of drug-likeness (QED) is 0.919. The van der Waals surface area contributed by atoms with E-state index in [1.54, 1.807) is 0 Å². The summed E-state index contributed by atoms with van der Waals surface area (Å²) in [7, 11) is 0. The first kappa shape index (κ1) is 15.1. The van der Waals surface area contributed by atoms with Crippen molar-refractivity contribution in [2.45, 2.75) is 12.5 Å². The van der Waals surface area contributed by atoms with Crippen LogP contribution >= 0.6 is 0 Å². The highest BCUT2D eigenvalue weighted by Crippen LogP contribution is 2.15. The molecule has 3 nitrogen and oxygen atoms in total. The van der Waals surface area contributed by atoms with Crippen LogP contribution in [0.1, 0.15) is 5.56 Å². The van der Waals surface area contributed by atoms with Crippen LogP contribution < -0.4 is 10.6 Å². The molecule has 1 aliphatic heterocycles. The third kappa shape index (κ3) is 4.09. The molecule has 22 heavy (non-hydrogen) atoms. The molecule has 116 valence electrons. The molecule has 1 heterocycles. The number of anilines is 1. The van der Waals surface area contributed by atoms with Gasteiger partial charge >= 0.3 is 0 Å². The van der Waals surface area contributed by atoms with Gasteiger partial charge in [0.15, 0.2) is 0 Å². The number of hydrogen-bond acceptors (Lipinski definition) is 3. The Morgan fingerprint density at radius 3 is 2.05 bits per heavy atom. The lowest BCUT2D eigenvalue weighted by Gasteiger charge is -2.37. The van der Waals surface area contributed by atoms with Gasteiger partial charge in [0.05, 0.1) is 0 Å². The summed E-state index contributed by atoms with van der Waals surface area (Å²) in [5, 5.41) is 0. The van der Waals surface area contributed by atoms with E-state index in [4.69, 9.17) is 5.73 Å². The molecule has 0 unspecified atom stereocenters. The van der Waals surface area contributed by atoms with Gasteiger partial charge in [-0.15, -0.1) is 0 Å². The molecule has 1 saturated heterocycles. The number of benzene rings is 2. The smallest absolute Gasteiger partial charge is 0.0367 e. The molecule has 2 aromatic rings. The fourth-order valence-electron chi connectivity index (χ4n) is 3.14. The molecule has 0 aromatic heterocycles. The Kier molecular flexibility index (Phi) is 5.09. The van der Waals surface area contributed by atoms with E-state index < -0.39 is 0 Å². The predicted octanol–water partition coefficient (Wildman–Crippen LogP) is 2.38. The number of para-hydroxylation sites is 1. The molecule has 0 spiro atoms. The van der Waals surface area contributed by atoms with Crippen molar-refractivity contribution in [2.24, 2.45) is 5.73 Å². The maximum atomic E-state index is 6.33. The highest BCUT2D eigenvalue weighted by Gasteiger charge is 2.18. The Labute approximate surface area is 133 Å². The molecule has 0 aliphatic carbocycles. The van der Waals surface area contributed by atoms with Crippen LogP contribution in [0.4, 0.5) is 5.69 Å². The third-order valence-electron chi connectivity index (χ3n) is 4.33. The zero-order valence-electron chi connectivity index (χ0n) is 13.1. The average molecular weight is 295 g/mol. The molecule has 0 amide bonds. The van der Waals surface area contributed by atoms with E-state index in [-0.39, 0.29) is 6.04 Å². The SMILES string of the molecule is N[C@H](Cc1ccccc1)CN1CCN(c2ccccc2)CC1. The van der Waals surface area contributed by atoms with E-state index in [0.717, 1.165) is 39.1 Å². The van der Waals surface area contributed by atoms with Crippen molar-refractivity contribution < 1.29 is 0 Å². The van der Waals surface area contributed by atoms with E-state index >= 15 is 0 Å². The van der Waals surface area contributed by atoms with Gasteiger partial charge in [-0.2, -0.15) is 0 Å². The van der Waals surface area contributed by atoms with Gasteiger partial charge in [-0.05, 0) is 24.1 Å². The highest BCUT2D eigenvalue weighted by molar-refractivity contribution is 5.46. The normalized spacial score (nSPS) is 17.4. The van der Waals surface area contributed by atoms with Crippen LogP contribution in [-0.2, 0) is 6.42 Å². The Hall–Kier alpha value is -1.84. The van der Waals surface area contributed by atoms with E-state index in [0.29, 0.717) is 0 Å². The Morgan fingerprint density at radius 2 is 1.41 bits per heavy atom. The first-order valence-corrected chi connectivity index (χ1v) is 8.13. The van der Waals surface area contributed by atoms with E-state index in [1.807, 2.05) is 0 Å². The number of nitrogens with two attached hydrogens (primary N) is 1. The molecule has 0 bridgehead atoms. The Balaban J connectivity index is 1.46. The zero-order valence-corrected chi connectivity index (χ0v) is 13.1. The summed E-state index contributed by atoms with van der Waals surface area (Å²) in [6.07, 6.45) is 0.958. The monoisotopic (exact) mass is 295 g/mol. The van der Waals surface area contributed by atoms with Crippen LogP contribution in [0.2, 0.25) is 0 Å². The number of hydrogen-bond donors (Lipinski definition) is 1. The van der Waals surface area contributed by atoms with Crippen molar-refractivity contribution in [2.75, 3.05) is 37.6 Å². The molecule has 1 atom stereocenters. The van der Waals surface area contributed by atoms with E-state index in [2.05, 4.69) is 70.5 Å². The molecular formula is C19H25N3. The lowest BCUT2D eigenvalue weighted by molar-refractivity contribution is 0.242. The fraction of sp³-hybridized carbons (Fsp3) is 0.368. The third-order valence-corrected chi connectivity index (χ3v) is 4.33. The summed E-state index contributed by atoms with van der Waals surface area (Å²) >= 11 is 0. The molecule has 2 N–H and O–H groups in total. The largest absolute Gasteiger partial charge is 0.369 e. The van der Waals surface area contributed by atoms with Gasteiger partial charge in [0.25, 0.3) is 0 Å². The lowest BCUT2D eigenvalue weighted by atomic mass is 10.1. The first-order chi connectivity index (χ1) is 10.8. The van der Waals surface area contributed by atoms with Crippen molar-refractivity contribution in [1.82, 2.24) is 4.90 Å². The topological polar surface area (TPSA) is 32.5 Å². The van der Waals surface area contributed by atoms with Crippen LogP contribution in [-0.4, -0.2) is 43.7 Å². The van der Waals surface area contributed by atoms with Gasteiger partial charge in [0, 0.05) is 44.5 Å². The second kappa shape index (κ2) is 7.43. The van der Waals surface area contributed by atoms with E-state index in [9.17, 15) is 0 Å². The predicted molar refractivity (Wildman–Crippen MR) is 93.2 cm³/mol. The van der Waals surface area contributed by atoms with Crippen LogP contribution in [0.25, 0.3) is 0 Å². The van der Waals surface area contributed by atoms with Crippen molar-refractivity contribution in [3.8, 4) is 0 Å². The van der Waals surface area contributed by atoms with Crippen molar-refractivity contribution >= 4 is 5.69 Å². The fourth-order valence-corrected chi connectivity index (χ4v) is 3.14. The molecule has 3 rings (SSSR count). The van der Waals surface area contributed by atoms with Crippen LogP contribution in [0.5, 0.6) is 0 Å². The summed E-state index contributed by atoms with van der Waals surface area (Å²) in [5.41, 5.74) is 8.99. The van der Waals surface area contributed by atoms with Gasteiger partial charge in [-0.25, -0.2) is 0 Å². The van der Waals surface area contributed by atoms with Crippen molar-refractivity contribution in [3.63, 3.8) is 0 Å². The molecule has 0 radical (unpaired) electrons. The summed E-state index contributed by atoms with van der Waals surface area (Å²) < 4.78 is 0. The van der Waals surface area contributed by atoms with Gasteiger partial charge in [-0.3, -0.25) is 4.90 Å². The minimum absolute atomic E-state index is 0.214. The first-order valence-electron chi connectivity index (χ1n) is 8.13. The molecule has 1 aliphatic rings. The number of piperazine rings is 1. The summed E-state index contributed by atoms with van der Waals surface area (Å²) in [6, 6.07) is 21.4. The van der Waals surface area contributed by atoms with E-state index in [1.165, 1.54) is 11.3 Å². The second-order valence-corrected chi connectivity index (χ2v) is 6.07. The summed E-state index contributed by atoms with van der Waals surface area (Å²) in [5.74, 6) is 0. The van der Waals surface area contributed by atoms with Crippen LogP contribution in [0.3, 0.4) is 0 Å². The molecular weight excluding hydrogens is 270 g/mol. The van der Waals surface area contributed by atoms with Gasteiger partial charge < -0.3 is 10.6 Å². The summed E-state index contributed by atoms with van der Waals surface area (Å²) in [6.45, 7) is 5.34. The number of rotatable bonds is 5. The van der Waals surface area contributed by atoms with Crippen LogP contribution in [0.15, 0.2) is 60.7 Å². The molecule has 2 aromatic carbocycles. The molecule has 0 saturated carbocycles. The van der Waals surface area contributed by atoms with Crippen molar-refractivity contribution in [3.05, 3.63) is 66.2 Å². The molecule has 3 heteroatoms. The second-order valence-electron chi connectivity index (χ2n) is 6.07. The molecule has 1 fully saturated rings. The van der Waals surface area contributed by atoms with Crippen molar-refractivity contribution in [1.29, 1.82) is 0 Å². The van der Waals surface area contributed by atoms with Gasteiger partial charge in [0.1, 0.15) is 0 Å². The minimum Gasteiger partial charge on any atom is -0.369 e. The minimum atomic E-state index is 0.214. The Morgan fingerprint density at radius 1 is 0.818 bits per heavy atom. The maximum Gasteiger partial charge on any atom is 0.0367 e. The van der Waals surface area contributed by atoms with Gasteiger partial charge in [-0.1, -0.05) is 48.5 Å². The lowest BCUT2D eigenvalue weighted by Crippen LogP contribution is -2.50. The van der Waals surface area contributed by atoms with Crippen LogP contribution in [0, 0.1) is 0 Å². The standard InChI is InChI=1S/C19H25N3/c20-18(15-17-7-3-1-4-8-17)16-21-11-13-22(14-12-21)19-9-5-2-6-10-19/h1-10,18H,11-16,20H2/t18-/m1/s1. The summed E-state index contributed by atoms with van der Waals surface area (Å²) in [4.78, 5) is 4.95. The Bertz CT molecular complexity index is 547. The number of nitrogens with zero attached hydrogens (tertiary/aromatic N) is 2. The maximum absolute atomic E-state index is 6.33. The van der Waals surface area contributed by atoms with Gasteiger partial charge in [0.2, 0.25) is 0 Å². The average Bonchev–Trinajstić information content (AvgIpc) is 2.57. The zero-order chi connectivity index (χ0) is 15.2.